The molecule has 1 heteroatoms. The molecule has 0 amide bonds. The third-order valence-corrected chi connectivity index (χ3v) is 2.35. The van der Waals surface area contributed by atoms with Crippen LogP contribution in [0.25, 0.3) is 0 Å². The summed E-state index contributed by atoms with van der Waals surface area (Å²) in [5, 5.41) is 0. The zero-order valence-electron chi connectivity index (χ0n) is 7.32. The molecule has 0 N–H and O–H groups in total. The van der Waals surface area contributed by atoms with E-state index in [4.69, 9.17) is 0 Å². The highest BCUT2D eigenvalue weighted by Crippen LogP contribution is 2.02. The van der Waals surface area contributed by atoms with E-state index in [-0.39, 0.29) is 0 Å². The Kier molecular flexibility index (Phi) is 9.17. The third-order valence-electron chi connectivity index (χ3n) is 1.66. The summed E-state index contributed by atoms with van der Waals surface area (Å²) in [5.41, 5.74) is 2.41. The molecule has 59 valence electrons. The monoisotopic (exact) mass is 155 g/mol. The van der Waals surface area contributed by atoms with Crippen LogP contribution in [-0.4, -0.2) is 14.8 Å². The first-order valence-corrected chi connectivity index (χ1v) is 5.98. The van der Waals surface area contributed by atoms with Crippen LogP contribution in [0.15, 0.2) is 0 Å². The van der Waals surface area contributed by atoms with Crippen molar-refractivity contribution in [3.8, 4) is 0 Å². The van der Waals surface area contributed by atoms with Gasteiger partial charge in [0.05, 0.1) is 0 Å². The predicted molar refractivity (Wildman–Crippen MR) is 51.1 cm³/mol. The molecule has 0 aliphatic heterocycles. The van der Waals surface area contributed by atoms with Gasteiger partial charge in [0, 0.05) is 9.13 Å². The molecule has 10 heavy (non-hydrogen) atoms. The fraction of sp³-hybridized carbons (Fsp3) is 0.889. The number of rotatable bonds is 6. The minimum Gasteiger partial charge on any atom is -0.104 e. The molecule has 0 saturated carbocycles. The zero-order valence-corrected chi connectivity index (χ0v) is 8.32. The highest BCUT2D eigenvalue weighted by atomic mass is 28.2. The van der Waals surface area contributed by atoms with Crippen LogP contribution in [0.5, 0.6) is 0 Å². The van der Waals surface area contributed by atoms with Crippen LogP contribution >= 0.6 is 0 Å². The average Bonchev–Trinajstić information content (AvgIpc) is 1.97. The van der Waals surface area contributed by atoms with Gasteiger partial charge in [-0.2, -0.15) is 0 Å². The predicted octanol–water partition coefficient (Wildman–Crippen LogP) is 2.90. The maximum atomic E-state index is 2.41. The molecule has 0 nitrogen and oxygen atoms in total. The Bertz CT molecular complexity index is 76.8. The molecule has 0 aliphatic rings. The van der Waals surface area contributed by atoms with Gasteiger partial charge in [0.25, 0.3) is 0 Å². The van der Waals surface area contributed by atoms with Crippen molar-refractivity contribution in [3.63, 3.8) is 0 Å². The maximum absolute atomic E-state index is 2.41. The second kappa shape index (κ2) is 9.09. The highest BCUT2D eigenvalue weighted by Gasteiger charge is 1.84. The SMILES string of the molecule is CCCCCCCC=[Si]C. The van der Waals surface area contributed by atoms with E-state index < -0.39 is 0 Å². The molecular formula is C9H19Si. The Labute approximate surface area is 67.5 Å². The Balaban J connectivity index is 2.77. The number of hydrogen-bond acceptors (Lipinski definition) is 0. The van der Waals surface area contributed by atoms with Crippen LogP contribution in [0.3, 0.4) is 0 Å². The summed E-state index contributed by atoms with van der Waals surface area (Å²) < 4.78 is 0. The van der Waals surface area contributed by atoms with Gasteiger partial charge in [-0.25, -0.2) is 0 Å². The van der Waals surface area contributed by atoms with Crippen molar-refractivity contribution in [3.05, 3.63) is 0 Å². The second-order valence-corrected chi connectivity index (χ2v) is 3.68. The number of hydrogen-bond donors (Lipinski definition) is 0. The first-order chi connectivity index (χ1) is 4.91. The first-order valence-electron chi connectivity index (χ1n) is 4.40. The lowest BCUT2D eigenvalue weighted by Gasteiger charge is -1.95. The molecule has 0 unspecified atom stereocenters. The molecule has 0 saturated heterocycles. The summed E-state index contributed by atoms with van der Waals surface area (Å²) in [6.45, 7) is 4.51. The van der Waals surface area contributed by atoms with Gasteiger partial charge in [-0.15, -0.1) is 5.67 Å². The van der Waals surface area contributed by atoms with Crippen LogP contribution in [-0.2, 0) is 0 Å². The molecule has 0 aromatic rings. The maximum Gasteiger partial charge on any atom is 0.0111 e. The third kappa shape index (κ3) is 8.09. The van der Waals surface area contributed by atoms with Crippen molar-refractivity contribution >= 4 is 14.8 Å². The zero-order chi connectivity index (χ0) is 7.66. The fourth-order valence-electron chi connectivity index (χ4n) is 0.994. The van der Waals surface area contributed by atoms with E-state index in [9.17, 15) is 0 Å². The van der Waals surface area contributed by atoms with Gasteiger partial charge in [-0.05, 0) is 6.42 Å². The van der Waals surface area contributed by atoms with E-state index in [2.05, 4.69) is 19.1 Å². The largest absolute Gasteiger partial charge is 0.104 e. The smallest absolute Gasteiger partial charge is 0.0111 e. The van der Waals surface area contributed by atoms with Crippen LogP contribution in [0.4, 0.5) is 0 Å². The van der Waals surface area contributed by atoms with E-state index in [0.717, 1.165) is 9.13 Å². The van der Waals surface area contributed by atoms with Crippen LogP contribution < -0.4 is 0 Å². The van der Waals surface area contributed by atoms with E-state index >= 15 is 0 Å². The quantitative estimate of drug-likeness (QED) is 0.409. The molecule has 0 aromatic heterocycles. The fourth-order valence-corrected chi connectivity index (χ4v) is 1.49. The van der Waals surface area contributed by atoms with Crippen LogP contribution in [0.1, 0.15) is 45.4 Å². The minimum absolute atomic E-state index is 1.04. The van der Waals surface area contributed by atoms with Crippen molar-refractivity contribution in [1.29, 1.82) is 0 Å². The van der Waals surface area contributed by atoms with E-state index in [1.807, 2.05) is 0 Å². The van der Waals surface area contributed by atoms with Crippen molar-refractivity contribution in [2.75, 3.05) is 0 Å². The van der Waals surface area contributed by atoms with Gasteiger partial charge in [0.2, 0.25) is 0 Å². The summed E-state index contributed by atoms with van der Waals surface area (Å²) >= 11 is 0. The van der Waals surface area contributed by atoms with Crippen LogP contribution in [0, 0.1) is 0 Å². The van der Waals surface area contributed by atoms with Gasteiger partial charge in [0.1, 0.15) is 0 Å². The van der Waals surface area contributed by atoms with Crippen molar-refractivity contribution < 1.29 is 0 Å². The lowest BCUT2D eigenvalue weighted by atomic mass is 10.1. The summed E-state index contributed by atoms with van der Waals surface area (Å²) in [7, 11) is 1.04. The summed E-state index contributed by atoms with van der Waals surface area (Å²) in [4.78, 5) is 0. The van der Waals surface area contributed by atoms with Crippen molar-refractivity contribution in [2.24, 2.45) is 0 Å². The Morgan fingerprint density at radius 1 is 1.10 bits per heavy atom. The molecule has 0 heterocycles. The Hall–Kier alpha value is 0.0869. The van der Waals surface area contributed by atoms with Crippen molar-refractivity contribution in [2.45, 2.75) is 52.0 Å². The lowest BCUT2D eigenvalue weighted by Crippen LogP contribution is -1.81. The molecule has 0 rings (SSSR count). The molecule has 0 aromatic carbocycles. The van der Waals surface area contributed by atoms with Gasteiger partial charge in [-0.1, -0.05) is 45.6 Å². The molecular weight excluding hydrogens is 136 g/mol. The Morgan fingerprint density at radius 3 is 2.40 bits per heavy atom. The number of unbranched alkanes of at least 4 members (excludes halogenated alkanes) is 5. The summed E-state index contributed by atoms with van der Waals surface area (Å²) in [6.07, 6.45) is 8.43. The van der Waals surface area contributed by atoms with Gasteiger partial charge < -0.3 is 0 Å². The standard InChI is InChI=1S/C9H19Si/c1-3-4-5-6-7-8-9-10-2/h9H,3-8H2,1-2H3. The topological polar surface area (TPSA) is 0 Å². The normalized spacial score (nSPS) is 11.0. The molecule has 0 atom stereocenters. The lowest BCUT2D eigenvalue weighted by molar-refractivity contribution is 0.646. The van der Waals surface area contributed by atoms with Gasteiger partial charge >= 0.3 is 0 Å². The van der Waals surface area contributed by atoms with Gasteiger partial charge in [-0.3, -0.25) is 0 Å². The molecule has 0 spiro atoms. The van der Waals surface area contributed by atoms with Crippen LogP contribution in [0.2, 0.25) is 6.55 Å². The van der Waals surface area contributed by atoms with E-state index in [1.165, 1.54) is 38.5 Å². The highest BCUT2D eigenvalue weighted by molar-refractivity contribution is 6.45. The van der Waals surface area contributed by atoms with Crippen molar-refractivity contribution in [1.82, 2.24) is 0 Å². The molecule has 1 radical (unpaired) electrons. The summed E-state index contributed by atoms with van der Waals surface area (Å²) in [6, 6.07) is 0. The average molecular weight is 155 g/mol. The first kappa shape index (κ1) is 10.1. The molecule has 0 aliphatic carbocycles. The molecule has 0 bridgehead atoms. The van der Waals surface area contributed by atoms with E-state index in [0.29, 0.717) is 0 Å². The van der Waals surface area contributed by atoms with E-state index in [1.54, 1.807) is 0 Å². The van der Waals surface area contributed by atoms with Gasteiger partial charge in [0.15, 0.2) is 0 Å². The second-order valence-electron chi connectivity index (χ2n) is 2.70. The molecule has 0 fully saturated rings. The minimum atomic E-state index is 1.04. The summed E-state index contributed by atoms with van der Waals surface area (Å²) in [5.74, 6) is 0. The Morgan fingerprint density at radius 2 is 1.80 bits per heavy atom.